The Labute approximate surface area is 118 Å². The van der Waals surface area contributed by atoms with Crippen LogP contribution in [0.1, 0.15) is 18.1 Å². The third kappa shape index (κ3) is 3.14. The van der Waals surface area contributed by atoms with Crippen LogP contribution in [0.3, 0.4) is 0 Å². The molecule has 2 heteroatoms. The fraction of sp³-hybridized carbons (Fsp3) is 0.250. The molecule has 0 fully saturated rings. The van der Waals surface area contributed by atoms with E-state index in [0.29, 0.717) is 0 Å². The molecule has 0 aliphatic carbocycles. The number of hydrogen-bond donors (Lipinski definition) is 0. The Hall–Kier alpha value is -1.28. The summed E-state index contributed by atoms with van der Waals surface area (Å²) >= 11 is 3.56. The van der Waals surface area contributed by atoms with Crippen LogP contribution in [0.5, 0.6) is 0 Å². The van der Waals surface area contributed by atoms with Gasteiger partial charge in [-0.15, -0.1) is 0 Å². The van der Waals surface area contributed by atoms with E-state index in [9.17, 15) is 0 Å². The van der Waals surface area contributed by atoms with Gasteiger partial charge in [-0.3, -0.25) is 0 Å². The third-order valence-electron chi connectivity index (χ3n) is 3.07. The van der Waals surface area contributed by atoms with E-state index in [-0.39, 0.29) is 0 Å². The zero-order valence-electron chi connectivity index (χ0n) is 10.6. The molecule has 0 bridgehead atoms. The zero-order valence-corrected chi connectivity index (χ0v) is 12.2. The summed E-state index contributed by atoms with van der Waals surface area (Å²) in [5.41, 5.74) is 4.01. The van der Waals surface area contributed by atoms with E-state index < -0.39 is 0 Å². The number of anilines is 1. The minimum Gasteiger partial charge on any atom is -0.367 e. The maximum atomic E-state index is 3.56. The van der Waals surface area contributed by atoms with Crippen molar-refractivity contribution in [2.75, 3.05) is 11.4 Å². The molecule has 0 heterocycles. The van der Waals surface area contributed by atoms with Crippen LogP contribution in [0.25, 0.3) is 0 Å². The van der Waals surface area contributed by atoms with Gasteiger partial charge in [-0.25, -0.2) is 0 Å². The van der Waals surface area contributed by atoms with E-state index in [2.05, 4.69) is 82.4 Å². The van der Waals surface area contributed by atoms with Crippen LogP contribution in [-0.4, -0.2) is 6.54 Å². The molecular formula is C16H18BrN. The number of alkyl halides is 1. The number of nitrogens with zero attached hydrogens (tertiary/aromatic N) is 1. The quantitative estimate of drug-likeness (QED) is 0.729. The summed E-state index contributed by atoms with van der Waals surface area (Å²) < 4.78 is 0. The highest BCUT2D eigenvalue weighted by molar-refractivity contribution is 9.08. The molecule has 0 unspecified atom stereocenters. The molecule has 0 aromatic heterocycles. The topological polar surface area (TPSA) is 3.24 Å². The lowest BCUT2D eigenvalue weighted by molar-refractivity contribution is 0.827. The second-order valence-electron chi connectivity index (χ2n) is 4.26. The average Bonchev–Trinajstić information content (AvgIpc) is 2.46. The van der Waals surface area contributed by atoms with E-state index in [1.165, 1.54) is 16.8 Å². The summed E-state index contributed by atoms with van der Waals surface area (Å²) in [6, 6.07) is 19.2. The van der Waals surface area contributed by atoms with Crippen LogP contribution < -0.4 is 4.90 Å². The van der Waals surface area contributed by atoms with Crippen LogP contribution in [0, 0.1) is 0 Å². The van der Waals surface area contributed by atoms with Gasteiger partial charge in [-0.2, -0.15) is 0 Å². The van der Waals surface area contributed by atoms with Gasteiger partial charge in [0.05, 0.1) is 0 Å². The minimum atomic E-state index is 0.897. The molecule has 0 radical (unpaired) electrons. The lowest BCUT2D eigenvalue weighted by Crippen LogP contribution is -2.23. The van der Waals surface area contributed by atoms with Crippen LogP contribution in [0.4, 0.5) is 5.69 Å². The highest BCUT2D eigenvalue weighted by atomic mass is 79.9. The number of benzene rings is 2. The Morgan fingerprint density at radius 3 is 2.28 bits per heavy atom. The van der Waals surface area contributed by atoms with Crippen molar-refractivity contribution < 1.29 is 0 Å². The fourth-order valence-corrected chi connectivity index (χ4v) is 2.58. The molecule has 0 amide bonds. The standard InChI is InChI=1S/C16H18BrN/c1-2-18(13-14-8-4-3-5-9-14)16-11-7-6-10-15(16)12-17/h3-11H,2,12-13H2,1H3. The summed E-state index contributed by atoms with van der Waals surface area (Å²) in [5, 5.41) is 0.897. The summed E-state index contributed by atoms with van der Waals surface area (Å²) in [5.74, 6) is 0. The fourth-order valence-electron chi connectivity index (χ4n) is 2.10. The van der Waals surface area contributed by atoms with Crippen LogP contribution >= 0.6 is 15.9 Å². The molecule has 2 aromatic rings. The van der Waals surface area contributed by atoms with Gasteiger partial charge in [0.15, 0.2) is 0 Å². The normalized spacial score (nSPS) is 10.3. The molecule has 0 saturated heterocycles. The SMILES string of the molecule is CCN(Cc1ccccc1)c1ccccc1CBr. The Kier molecular flexibility index (Phi) is 4.82. The van der Waals surface area contributed by atoms with Crippen molar-refractivity contribution in [3.8, 4) is 0 Å². The summed E-state index contributed by atoms with van der Waals surface area (Å²) in [7, 11) is 0. The van der Waals surface area contributed by atoms with Gasteiger partial charge in [-0.1, -0.05) is 64.5 Å². The molecule has 94 valence electrons. The molecule has 0 N–H and O–H groups in total. The van der Waals surface area contributed by atoms with Crippen LogP contribution in [-0.2, 0) is 11.9 Å². The second-order valence-corrected chi connectivity index (χ2v) is 4.82. The first-order valence-corrected chi connectivity index (χ1v) is 7.40. The lowest BCUT2D eigenvalue weighted by Gasteiger charge is -2.25. The monoisotopic (exact) mass is 303 g/mol. The van der Waals surface area contributed by atoms with Gasteiger partial charge >= 0.3 is 0 Å². The zero-order chi connectivity index (χ0) is 12.8. The van der Waals surface area contributed by atoms with Crippen molar-refractivity contribution >= 4 is 21.6 Å². The molecule has 0 aliphatic rings. The number of hydrogen-bond acceptors (Lipinski definition) is 1. The highest BCUT2D eigenvalue weighted by Crippen LogP contribution is 2.24. The Morgan fingerprint density at radius 2 is 1.61 bits per heavy atom. The Morgan fingerprint density at radius 1 is 0.944 bits per heavy atom. The molecule has 0 atom stereocenters. The van der Waals surface area contributed by atoms with Crippen molar-refractivity contribution in [1.82, 2.24) is 0 Å². The van der Waals surface area contributed by atoms with Gasteiger partial charge in [0.1, 0.15) is 0 Å². The number of para-hydroxylation sites is 1. The summed E-state index contributed by atoms with van der Waals surface area (Å²) in [6.45, 7) is 4.17. The van der Waals surface area contributed by atoms with Gasteiger partial charge < -0.3 is 4.90 Å². The molecule has 0 saturated carbocycles. The van der Waals surface area contributed by atoms with Gasteiger partial charge in [0, 0.05) is 24.1 Å². The van der Waals surface area contributed by atoms with E-state index in [1.54, 1.807) is 0 Å². The largest absolute Gasteiger partial charge is 0.367 e. The second kappa shape index (κ2) is 6.60. The van der Waals surface area contributed by atoms with Crippen molar-refractivity contribution in [3.05, 3.63) is 65.7 Å². The first-order chi connectivity index (χ1) is 8.85. The predicted molar refractivity (Wildman–Crippen MR) is 82.2 cm³/mol. The molecule has 0 spiro atoms. The maximum Gasteiger partial charge on any atom is 0.0429 e. The van der Waals surface area contributed by atoms with E-state index >= 15 is 0 Å². The first-order valence-electron chi connectivity index (χ1n) is 6.28. The predicted octanol–water partition coefficient (Wildman–Crippen LogP) is 4.61. The number of rotatable bonds is 5. The van der Waals surface area contributed by atoms with E-state index in [0.717, 1.165) is 18.4 Å². The van der Waals surface area contributed by atoms with Gasteiger partial charge in [0.25, 0.3) is 0 Å². The first kappa shape index (κ1) is 13.2. The van der Waals surface area contributed by atoms with Crippen molar-refractivity contribution in [2.24, 2.45) is 0 Å². The summed E-state index contributed by atoms with van der Waals surface area (Å²) in [4.78, 5) is 2.41. The van der Waals surface area contributed by atoms with E-state index in [1.807, 2.05) is 0 Å². The third-order valence-corrected chi connectivity index (χ3v) is 3.68. The maximum absolute atomic E-state index is 3.56. The average molecular weight is 304 g/mol. The Balaban J connectivity index is 2.23. The van der Waals surface area contributed by atoms with E-state index in [4.69, 9.17) is 0 Å². The van der Waals surface area contributed by atoms with Crippen LogP contribution in [0.2, 0.25) is 0 Å². The molecular weight excluding hydrogens is 286 g/mol. The molecule has 0 aliphatic heterocycles. The van der Waals surface area contributed by atoms with Crippen molar-refractivity contribution in [1.29, 1.82) is 0 Å². The molecule has 2 aromatic carbocycles. The molecule has 18 heavy (non-hydrogen) atoms. The van der Waals surface area contributed by atoms with Gasteiger partial charge in [-0.05, 0) is 24.1 Å². The summed E-state index contributed by atoms with van der Waals surface area (Å²) in [6.07, 6.45) is 0. The van der Waals surface area contributed by atoms with Crippen LogP contribution in [0.15, 0.2) is 54.6 Å². The lowest BCUT2D eigenvalue weighted by atomic mass is 10.1. The van der Waals surface area contributed by atoms with Crippen molar-refractivity contribution in [3.63, 3.8) is 0 Å². The smallest absolute Gasteiger partial charge is 0.0429 e. The van der Waals surface area contributed by atoms with Crippen molar-refractivity contribution in [2.45, 2.75) is 18.8 Å². The van der Waals surface area contributed by atoms with Gasteiger partial charge in [0.2, 0.25) is 0 Å². The Bertz CT molecular complexity index is 481. The highest BCUT2D eigenvalue weighted by Gasteiger charge is 2.08. The molecule has 1 nitrogen and oxygen atoms in total. The number of halogens is 1. The minimum absolute atomic E-state index is 0.897. The molecule has 2 rings (SSSR count).